The van der Waals surface area contributed by atoms with Crippen LogP contribution in [0.5, 0.6) is 0 Å². The molecule has 0 bridgehead atoms. The van der Waals surface area contributed by atoms with Crippen molar-refractivity contribution in [1.82, 2.24) is 9.97 Å². The smallest absolute Gasteiger partial charge is 0.269 e. The topological polar surface area (TPSA) is 119 Å². The van der Waals surface area contributed by atoms with Crippen LogP contribution in [-0.2, 0) is 0 Å². The number of benzene rings is 1. The van der Waals surface area contributed by atoms with Crippen LogP contribution >= 0.6 is 0 Å². The molecule has 0 saturated carbocycles. The third-order valence-corrected chi connectivity index (χ3v) is 4.26. The molecule has 3 aromatic rings. The maximum atomic E-state index is 11.8. The Morgan fingerprint density at radius 3 is 2.54 bits per heavy atom. The summed E-state index contributed by atoms with van der Waals surface area (Å²) in [5.74, 6) is 0.00856. The molecule has 1 aromatic carbocycles. The Bertz CT molecular complexity index is 954. The predicted octanol–water partition coefficient (Wildman–Crippen LogP) is 3.05. The van der Waals surface area contributed by atoms with E-state index in [-0.39, 0.29) is 11.7 Å². The molecule has 6 N–H and O–H groups in total. The Kier molecular flexibility index (Phi) is 5.86. The van der Waals surface area contributed by atoms with Gasteiger partial charge in [0.05, 0.1) is 23.6 Å². The van der Waals surface area contributed by atoms with Crippen molar-refractivity contribution < 1.29 is 4.79 Å². The van der Waals surface area contributed by atoms with Crippen LogP contribution < -0.4 is 22.1 Å². The van der Waals surface area contributed by atoms with Gasteiger partial charge in [-0.15, -0.1) is 0 Å². The van der Waals surface area contributed by atoms with Gasteiger partial charge in [-0.3, -0.25) is 4.79 Å². The molecule has 0 aliphatic heterocycles. The van der Waals surface area contributed by atoms with Crippen LogP contribution in [0.4, 0.5) is 17.2 Å². The largest absolute Gasteiger partial charge is 0.376 e. The zero-order valence-electron chi connectivity index (χ0n) is 15.9. The normalized spacial score (nSPS) is 11.7. The van der Waals surface area contributed by atoms with Crippen molar-refractivity contribution >= 4 is 23.1 Å². The van der Waals surface area contributed by atoms with E-state index < -0.39 is 5.91 Å². The Morgan fingerprint density at radius 1 is 1.14 bits per heavy atom. The number of aryl methyl sites for hydroxylation is 2. The number of amides is 1. The fourth-order valence-electron chi connectivity index (χ4n) is 3.04. The van der Waals surface area contributed by atoms with Gasteiger partial charge in [-0.2, -0.15) is 0 Å². The summed E-state index contributed by atoms with van der Waals surface area (Å²) in [7, 11) is 0. The molecule has 0 saturated heterocycles. The van der Waals surface area contributed by atoms with Crippen molar-refractivity contribution in [2.75, 3.05) is 17.2 Å². The molecule has 1 atom stereocenters. The summed E-state index contributed by atoms with van der Waals surface area (Å²) < 4.78 is 0. The Hall–Kier alpha value is -3.45. The van der Waals surface area contributed by atoms with E-state index in [2.05, 4.69) is 20.6 Å². The number of nitrogens with zero attached hydrogens (tertiary/aromatic N) is 2. The first-order chi connectivity index (χ1) is 13.5. The lowest BCUT2D eigenvalue weighted by atomic mass is 10.1. The maximum Gasteiger partial charge on any atom is 0.269 e. The summed E-state index contributed by atoms with van der Waals surface area (Å²) in [6.45, 7) is 4.30. The van der Waals surface area contributed by atoms with Gasteiger partial charge in [0.25, 0.3) is 5.91 Å². The number of carbonyl (C=O) groups excluding carboxylic acids is 1. The standard InChI is InChI=1S/C21H24N6O/c1-13-8-14(2)25-19(9-13)27-17-10-16(12-24-20(17)21(23)28)26-18(11-22)15-6-4-3-5-7-15/h3-10,12,18,26H,11,22H2,1-2H3,(H2,23,28)(H,25,27). The molecule has 28 heavy (non-hydrogen) atoms. The lowest BCUT2D eigenvalue weighted by Crippen LogP contribution is -2.21. The fourth-order valence-corrected chi connectivity index (χ4v) is 3.04. The third-order valence-electron chi connectivity index (χ3n) is 4.26. The van der Waals surface area contributed by atoms with Crippen molar-refractivity contribution in [1.29, 1.82) is 0 Å². The molecule has 7 nitrogen and oxygen atoms in total. The van der Waals surface area contributed by atoms with E-state index >= 15 is 0 Å². The number of nitrogens with one attached hydrogen (secondary N) is 2. The average Bonchev–Trinajstić information content (AvgIpc) is 2.66. The van der Waals surface area contributed by atoms with Gasteiger partial charge in [-0.1, -0.05) is 30.3 Å². The first kappa shape index (κ1) is 19.3. The van der Waals surface area contributed by atoms with Gasteiger partial charge < -0.3 is 22.1 Å². The molecule has 144 valence electrons. The molecule has 0 radical (unpaired) electrons. The van der Waals surface area contributed by atoms with Crippen molar-refractivity contribution in [3.05, 3.63) is 77.2 Å². The monoisotopic (exact) mass is 376 g/mol. The molecule has 0 aliphatic carbocycles. The van der Waals surface area contributed by atoms with Crippen molar-refractivity contribution in [2.24, 2.45) is 11.5 Å². The van der Waals surface area contributed by atoms with Crippen molar-refractivity contribution in [2.45, 2.75) is 19.9 Å². The number of hydrogen-bond acceptors (Lipinski definition) is 6. The number of pyridine rings is 2. The highest BCUT2D eigenvalue weighted by atomic mass is 16.1. The second-order valence-corrected chi connectivity index (χ2v) is 6.62. The SMILES string of the molecule is Cc1cc(C)nc(Nc2cc(NC(CN)c3ccccc3)cnc2C(N)=O)c1. The fraction of sp³-hybridized carbons (Fsp3) is 0.190. The molecule has 1 amide bonds. The second kappa shape index (κ2) is 8.49. The van der Waals surface area contributed by atoms with Crippen LogP contribution in [0.15, 0.2) is 54.7 Å². The van der Waals surface area contributed by atoms with Crippen LogP contribution in [0.25, 0.3) is 0 Å². The van der Waals surface area contributed by atoms with E-state index in [1.165, 1.54) is 0 Å². The number of nitrogens with two attached hydrogens (primary N) is 2. The highest BCUT2D eigenvalue weighted by molar-refractivity contribution is 5.97. The van der Waals surface area contributed by atoms with Gasteiger partial charge in [-0.25, -0.2) is 9.97 Å². The summed E-state index contributed by atoms with van der Waals surface area (Å²) in [6, 6.07) is 15.5. The van der Waals surface area contributed by atoms with Gasteiger partial charge in [-0.05, 0) is 43.2 Å². The van der Waals surface area contributed by atoms with Crippen LogP contribution in [0.1, 0.15) is 33.4 Å². The summed E-state index contributed by atoms with van der Waals surface area (Å²) in [5.41, 5.74) is 15.8. The highest BCUT2D eigenvalue weighted by Crippen LogP contribution is 2.25. The van der Waals surface area contributed by atoms with Crippen LogP contribution in [0, 0.1) is 13.8 Å². The number of hydrogen-bond donors (Lipinski definition) is 4. The predicted molar refractivity (Wildman–Crippen MR) is 112 cm³/mol. The second-order valence-electron chi connectivity index (χ2n) is 6.62. The minimum atomic E-state index is -0.614. The number of anilines is 3. The van der Waals surface area contributed by atoms with Crippen LogP contribution in [-0.4, -0.2) is 22.4 Å². The lowest BCUT2D eigenvalue weighted by molar-refractivity contribution is 0.0996. The summed E-state index contributed by atoms with van der Waals surface area (Å²) in [6.07, 6.45) is 1.58. The van der Waals surface area contributed by atoms with E-state index in [1.807, 2.05) is 56.3 Å². The van der Waals surface area contributed by atoms with Crippen molar-refractivity contribution in [3.63, 3.8) is 0 Å². The van der Waals surface area contributed by atoms with Gasteiger partial charge in [0.15, 0.2) is 5.69 Å². The Morgan fingerprint density at radius 2 is 1.89 bits per heavy atom. The van der Waals surface area contributed by atoms with Crippen LogP contribution in [0.3, 0.4) is 0 Å². The highest BCUT2D eigenvalue weighted by Gasteiger charge is 2.15. The van der Waals surface area contributed by atoms with E-state index in [9.17, 15) is 4.79 Å². The maximum absolute atomic E-state index is 11.8. The molecule has 0 spiro atoms. The quantitative estimate of drug-likeness (QED) is 0.503. The van der Waals surface area contributed by atoms with Gasteiger partial charge >= 0.3 is 0 Å². The number of carbonyl (C=O) groups is 1. The van der Waals surface area contributed by atoms with E-state index in [1.54, 1.807) is 12.3 Å². The Labute approximate surface area is 164 Å². The molecule has 0 fully saturated rings. The first-order valence-corrected chi connectivity index (χ1v) is 9.00. The number of primary amides is 1. The minimum absolute atomic E-state index is 0.0883. The van der Waals surface area contributed by atoms with E-state index in [0.29, 0.717) is 18.1 Å². The van der Waals surface area contributed by atoms with Gasteiger partial charge in [0.2, 0.25) is 0 Å². The van der Waals surface area contributed by atoms with Gasteiger partial charge in [0, 0.05) is 12.2 Å². The number of rotatable bonds is 7. The first-order valence-electron chi connectivity index (χ1n) is 9.00. The Balaban J connectivity index is 1.91. The molecule has 0 aliphatic rings. The summed E-state index contributed by atoms with van der Waals surface area (Å²) >= 11 is 0. The summed E-state index contributed by atoms with van der Waals surface area (Å²) in [5, 5.41) is 6.52. The third kappa shape index (κ3) is 4.63. The van der Waals surface area contributed by atoms with Crippen molar-refractivity contribution in [3.8, 4) is 0 Å². The van der Waals surface area contributed by atoms with E-state index in [4.69, 9.17) is 11.5 Å². The molecule has 2 heterocycles. The molecule has 7 heteroatoms. The number of aromatic nitrogens is 2. The lowest BCUT2D eigenvalue weighted by Gasteiger charge is -2.19. The van der Waals surface area contributed by atoms with Crippen LogP contribution in [0.2, 0.25) is 0 Å². The molecular formula is C21H24N6O. The zero-order valence-corrected chi connectivity index (χ0v) is 15.9. The molecule has 1 unspecified atom stereocenters. The molecule has 2 aromatic heterocycles. The molecular weight excluding hydrogens is 352 g/mol. The molecule has 3 rings (SSSR count). The van der Waals surface area contributed by atoms with Gasteiger partial charge in [0.1, 0.15) is 5.82 Å². The zero-order chi connectivity index (χ0) is 20.1. The minimum Gasteiger partial charge on any atom is -0.376 e. The van der Waals surface area contributed by atoms with E-state index in [0.717, 1.165) is 22.5 Å². The average molecular weight is 376 g/mol. The summed E-state index contributed by atoms with van der Waals surface area (Å²) in [4.78, 5) is 20.5.